The highest BCUT2D eigenvalue weighted by molar-refractivity contribution is 5.91. The molecule has 3 nitrogen and oxygen atoms in total. The van der Waals surface area contributed by atoms with E-state index < -0.39 is 0 Å². The molecule has 0 atom stereocenters. The van der Waals surface area contributed by atoms with Gasteiger partial charge in [-0.25, -0.2) is 0 Å². The predicted molar refractivity (Wildman–Crippen MR) is 126 cm³/mol. The van der Waals surface area contributed by atoms with E-state index in [0.29, 0.717) is 12.3 Å². The van der Waals surface area contributed by atoms with Gasteiger partial charge in [0, 0.05) is 22.8 Å². The number of carbonyl (C=O) groups excluding carboxylic acids is 1. The van der Waals surface area contributed by atoms with Crippen LogP contribution in [0.15, 0.2) is 42.6 Å². The summed E-state index contributed by atoms with van der Waals surface area (Å²) >= 11 is 0. The third kappa shape index (κ3) is 5.13. The molecule has 0 N–H and O–H groups in total. The quantitative estimate of drug-likeness (QED) is 0.234. The van der Waals surface area contributed by atoms with Gasteiger partial charge >= 0.3 is 0 Å². The van der Waals surface area contributed by atoms with Gasteiger partial charge in [0.1, 0.15) is 5.75 Å². The second-order valence-electron chi connectivity index (χ2n) is 8.03. The van der Waals surface area contributed by atoms with Crippen molar-refractivity contribution < 1.29 is 9.53 Å². The van der Waals surface area contributed by atoms with E-state index in [-0.39, 0.29) is 0 Å². The Morgan fingerprint density at radius 1 is 0.867 bits per heavy atom. The maximum atomic E-state index is 12.1. The zero-order valence-electron chi connectivity index (χ0n) is 18.7. The zero-order valence-corrected chi connectivity index (χ0v) is 18.7. The number of aromatic nitrogens is 1. The van der Waals surface area contributed by atoms with Crippen molar-refractivity contribution >= 4 is 11.8 Å². The Kier molecular flexibility index (Phi) is 8.12. The molecule has 0 spiro atoms. The maximum Gasteiger partial charge on any atom is 0.167 e. The van der Waals surface area contributed by atoms with E-state index in [9.17, 15) is 4.79 Å². The number of hydrogen-bond donors (Lipinski definition) is 0. The van der Waals surface area contributed by atoms with Crippen LogP contribution in [0.3, 0.4) is 0 Å². The molecule has 0 aliphatic carbocycles. The number of ether oxygens (including phenoxy) is 1. The Hall–Kier alpha value is -2.55. The van der Waals surface area contributed by atoms with Crippen molar-refractivity contribution in [1.29, 1.82) is 0 Å². The van der Waals surface area contributed by atoms with Crippen LogP contribution in [0, 0.1) is 0 Å². The number of carbonyl (C=O) groups is 1. The molecule has 30 heavy (non-hydrogen) atoms. The Morgan fingerprint density at radius 2 is 1.63 bits per heavy atom. The number of aldehydes is 1. The molecule has 3 heteroatoms. The molecule has 0 amide bonds. The van der Waals surface area contributed by atoms with E-state index in [4.69, 9.17) is 4.74 Å². The molecule has 0 aliphatic heterocycles. The summed E-state index contributed by atoms with van der Waals surface area (Å²) in [4.78, 5) is 12.1. The third-order valence-corrected chi connectivity index (χ3v) is 5.84. The maximum absolute atomic E-state index is 12.1. The van der Waals surface area contributed by atoms with Gasteiger partial charge in [0.05, 0.1) is 12.3 Å². The van der Waals surface area contributed by atoms with Gasteiger partial charge in [-0.1, -0.05) is 58.1 Å². The molecule has 0 unspecified atom stereocenters. The zero-order chi connectivity index (χ0) is 21.3. The molecule has 2 heterocycles. The van der Waals surface area contributed by atoms with Crippen molar-refractivity contribution in [1.82, 2.24) is 4.40 Å². The molecular formula is C27H35NO2. The van der Waals surface area contributed by atoms with Crippen molar-refractivity contribution in [3.8, 4) is 16.9 Å². The summed E-state index contributed by atoms with van der Waals surface area (Å²) in [6, 6.07) is 12.8. The molecule has 160 valence electrons. The first kappa shape index (κ1) is 22.1. The van der Waals surface area contributed by atoms with Crippen molar-refractivity contribution in [3.05, 3.63) is 59.4 Å². The van der Waals surface area contributed by atoms with Crippen molar-refractivity contribution in [2.24, 2.45) is 0 Å². The van der Waals surface area contributed by atoms with Gasteiger partial charge in [-0.3, -0.25) is 4.79 Å². The fraction of sp³-hybridized carbons (Fsp3) is 0.444. The fourth-order valence-electron chi connectivity index (χ4n) is 4.11. The van der Waals surface area contributed by atoms with Gasteiger partial charge in [-0.2, -0.15) is 0 Å². The van der Waals surface area contributed by atoms with Gasteiger partial charge < -0.3 is 9.14 Å². The minimum atomic E-state index is 0.605. The molecule has 0 aliphatic rings. The lowest BCUT2D eigenvalue weighted by Gasteiger charge is -2.12. The lowest BCUT2D eigenvalue weighted by atomic mass is 9.98. The largest absolute Gasteiger partial charge is 0.493 e. The van der Waals surface area contributed by atoms with E-state index in [1.807, 2.05) is 11.3 Å². The Morgan fingerprint density at radius 3 is 2.37 bits per heavy atom. The number of benzene rings is 1. The van der Waals surface area contributed by atoms with Crippen molar-refractivity contribution in [2.75, 3.05) is 6.61 Å². The number of aryl methyl sites for hydroxylation is 2. The average molecular weight is 406 g/mol. The van der Waals surface area contributed by atoms with Gasteiger partial charge in [0.15, 0.2) is 6.29 Å². The van der Waals surface area contributed by atoms with Crippen LogP contribution in [0.5, 0.6) is 5.75 Å². The second kappa shape index (κ2) is 11.0. The summed E-state index contributed by atoms with van der Waals surface area (Å²) < 4.78 is 7.94. The number of rotatable bonds is 12. The molecule has 0 bridgehead atoms. The molecular weight excluding hydrogens is 370 g/mol. The van der Waals surface area contributed by atoms with Crippen LogP contribution < -0.4 is 4.74 Å². The standard InChI is InChI=1S/C27H35NO2/c1-4-7-8-9-10-11-12-22-14-16-27(30-6-3)25(17-22)24-18-23-15-13-21(5-2)19-28(23)26(24)20-29/h13-20H,4-12H2,1-3H3. The highest BCUT2D eigenvalue weighted by Gasteiger charge is 2.16. The number of unbranched alkanes of at least 4 members (excludes halogenated alkanes) is 5. The van der Waals surface area contributed by atoms with Crippen LogP contribution >= 0.6 is 0 Å². The minimum absolute atomic E-state index is 0.605. The molecule has 0 saturated carbocycles. The van der Waals surface area contributed by atoms with E-state index in [1.54, 1.807) is 0 Å². The molecule has 0 fully saturated rings. The summed E-state index contributed by atoms with van der Waals surface area (Å²) in [5.41, 5.74) is 6.22. The van der Waals surface area contributed by atoms with Crippen LogP contribution in [-0.4, -0.2) is 17.3 Å². The van der Waals surface area contributed by atoms with Crippen molar-refractivity contribution in [3.63, 3.8) is 0 Å². The van der Waals surface area contributed by atoms with Crippen LogP contribution in [0.4, 0.5) is 0 Å². The van der Waals surface area contributed by atoms with E-state index in [1.165, 1.54) is 49.7 Å². The molecule has 3 rings (SSSR count). The molecule has 3 aromatic rings. The average Bonchev–Trinajstić information content (AvgIpc) is 3.14. The monoisotopic (exact) mass is 405 g/mol. The van der Waals surface area contributed by atoms with Gasteiger partial charge in [0.2, 0.25) is 0 Å². The van der Waals surface area contributed by atoms with E-state index in [0.717, 1.165) is 41.5 Å². The summed E-state index contributed by atoms with van der Waals surface area (Å²) in [6.07, 6.45) is 12.8. The highest BCUT2D eigenvalue weighted by atomic mass is 16.5. The molecule has 1 aromatic carbocycles. The summed E-state index contributed by atoms with van der Waals surface area (Å²) in [5, 5.41) is 0. The number of pyridine rings is 1. The first-order valence-electron chi connectivity index (χ1n) is 11.6. The highest BCUT2D eigenvalue weighted by Crippen LogP contribution is 2.35. The third-order valence-electron chi connectivity index (χ3n) is 5.84. The van der Waals surface area contributed by atoms with Gasteiger partial charge in [-0.15, -0.1) is 0 Å². The number of fused-ring (bicyclic) bond motifs is 1. The molecule has 2 aromatic heterocycles. The van der Waals surface area contributed by atoms with Gasteiger partial charge in [0.25, 0.3) is 0 Å². The Bertz CT molecular complexity index is 970. The van der Waals surface area contributed by atoms with Crippen LogP contribution in [-0.2, 0) is 12.8 Å². The van der Waals surface area contributed by atoms with E-state index in [2.05, 4.69) is 56.4 Å². The number of nitrogens with zero attached hydrogens (tertiary/aromatic N) is 1. The molecule has 0 radical (unpaired) electrons. The summed E-state index contributed by atoms with van der Waals surface area (Å²) in [5.74, 6) is 0.846. The van der Waals surface area contributed by atoms with Crippen LogP contribution in [0.2, 0.25) is 0 Å². The van der Waals surface area contributed by atoms with Gasteiger partial charge in [-0.05, 0) is 61.6 Å². The number of hydrogen-bond acceptors (Lipinski definition) is 2. The summed E-state index contributed by atoms with van der Waals surface area (Å²) in [7, 11) is 0. The lowest BCUT2D eigenvalue weighted by Crippen LogP contribution is -1.98. The smallest absolute Gasteiger partial charge is 0.167 e. The second-order valence-corrected chi connectivity index (χ2v) is 8.03. The topological polar surface area (TPSA) is 30.7 Å². The lowest BCUT2D eigenvalue weighted by molar-refractivity contribution is 0.111. The van der Waals surface area contributed by atoms with Crippen LogP contribution in [0.25, 0.3) is 16.6 Å². The molecule has 0 saturated heterocycles. The SMILES string of the molecule is CCCCCCCCc1ccc(OCC)c(-c2cc3ccc(CC)cn3c2C=O)c1. The Labute approximate surface area is 181 Å². The minimum Gasteiger partial charge on any atom is -0.493 e. The summed E-state index contributed by atoms with van der Waals surface area (Å²) in [6.45, 7) is 6.99. The predicted octanol–water partition coefficient (Wildman–Crippen LogP) is 7.28. The first-order chi connectivity index (χ1) is 14.7. The fourth-order valence-corrected chi connectivity index (χ4v) is 4.11. The first-order valence-corrected chi connectivity index (χ1v) is 11.6. The van der Waals surface area contributed by atoms with E-state index >= 15 is 0 Å². The van der Waals surface area contributed by atoms with Crippen LogP contribution in [0.1, 0.15) is 80.9 Å². The Balaban J connectivity index is 1.92. The van der Waals surface area contributed by atoms with Crippen molar-refractivity contribution in [2.45, 2.75) is 72.1 Å². The normalized spacial score (nSPS) is 11.2.